The number of alkyl halides is 5. The van der Waals surface area contributed by atoms with Gasteiger partial charge in [0, 0.05) is 6.54 Å². The van der Waals surface area contributed by atoms with E-state index in [2.05, 4.69) is 9.72 Å². The molecule has 0 aliphatic heterocycles. The molecule has 0 amide bonds. The second-order valence-electron chi connectivity index (χ2n) is 3.04. The molecule has 0 fully saturated rings. The Morgan fingerprint density at radius 3 is 2.44 bits per heavy atom. The van der Waals surface area contributed by atoms with Gasteiger partial charge in [0.2, 0.25) is 0 Å². The molecule has 0 atom stereocenters. The average molecular weight is 267 g/mol. The summed E-state index contributed by atoms with van der Waals surface area (Å²) in [6, 6.07) is 1.78. The molecule has 0 unspecified atom stereocenters. The molecule has 2 N–H and O–H groups in total. The highest BCUT2D eigenvalue weighted by Crippen LogP contribution is 2.31. The van der Waals surface area contributed by atoms with E-state index in [0.717, 1.165) is 0 Å². The lowest BCUT2D eigenvalue weighted by Gasteiger charge is -2.13. The standard InChI is InChI=1S/C9H6F5N3O/c10-8(11)4-1-7(18-9(12,13)14)6(3-16)17-5(4)2-15/h1,8H,3,16H2. The van der Waals surface area contributed by atoms with Crippen LogP contribution in [0.5, 0.6) is 5.75 Å². The molecule has 4 nitrogen and oxygen atoms in total. The fourth-order valence-electron chi connectivity index (χ4n) is 1.16. The van der Waals surface area contributed by atoms with Crippen LogP contribution < -0.4 is 10.5 Å². The van der Waals surface area contributed by atoms with Crippen molar-refractivity contribution < 1.29 is 26.7 Å². The smallest absolute Gasteiger partial charge is 0.404 e. The Morgan fingerprint density at radius 2 is 2.06 bits per heavy atom. The summed E-state index contributed by atoms with van der Waals surface area (Å²) in [5.74, 6) is -0.931. The van der Waals surface area contributed by atoms with Gasteiger partial charge in [-0.05, 0) is 6.07 Å². The molecule has 0 aliphatic rings. The predicted molar refractivity (Wildman–Crippen MR) is 48.5 cm³/mol. The van der Waals surface area contributed by atoms with E-state index in [1.54, 1.807) is 0 Å². The van der Waals surface area contributed by atoms with Crippen LogP contribution >= 0.6 is 0 Å². The Hall–Kier alpha value is -1.95. The van der Waals surface area contributed by atoms with Crippen LogP contribution in [0.25, 0.3) is 0 Å². The lowest BCUT2D eigenvalue weighted by molar-refractivity contribution is -0.275. The lowest BCUT2D eigenvalue weighted by Crippen LogP contribution is -2.20. The maximum atomic E-state index is 12.5. The van der Waals surface area contributed by atoms with Gasteiger partial charge in [0.05, 0.1) is 11.3 Å². The van der Waals surface area contributed by atoms with E-state index in [0.29, 0.717) is 6.07 Å². The molecular weight excluding hydrogens is 261 g/mol. The third-order valence-electron chi connectivity index (χ3n) is 1.85. The van der Waals surface area contributed by atoms with Gasteiger partial charge >= 0.3 is 6.36 Å². The molecule has 1 aromatic rings. The summed E-state index contributed by atoms with van der Waals surface area (Å²) in [4.78, 5) is 3.32. The molecule has 0 saturated heterocycles. The quantitative estimate of drug-likeness (QED) is 0.852. The highest BCUT2D eigenvalue weighted by molar-refractivity contribution is 5.41. The minimum atomic E-state index is -5.06. The zero-order valence-electron chi connectivity index (χ0n) is 8.63. The van der Waals surface area contributed by atoms with E-state index in [1.165, 1.54) is 6.07 Å². The van der Waals surface area contributed by atoms with Crippen molar-refractivity contribution in [2.75, 3.05) is 0 Å². The van der Waals surface area contributed by atoms with Crippen molar-refractivity contribution in [3.63, 3.8) is 0 Å². The van der Waals surface area contributed by atoms with Crippen molar-refractivity contribution in [1.29, 1.82) is 5.26 Å². The van der Waals surface area contributed by atoms with Crippen LogP contribution in [-0.4, -0.2) is 11.3 Å². The maximum absolute atomic E-state index is 12.5. The van der Waals surface area contributed by atoms with Crippen LogP contribution in [0.15, 0.2) is 6.07 Å². The van der Waals surface area contributed by atoms with Gasteiger partial charge in [0.25, 0.3) is 6.43 Å². The number of hydrogen-bond donors (Lipinski definition) is 1. The summed E-state index contributed by atoms with van der Waals surface area (Å²) in [6.45, 7) is -0.483. The molecule has 0 aliphatic carbocycles. The minimum Gasteiger partial charge on any atom is -0.404 e. The SMILES string of the molecule is N#Cc1nc(CN)c(OC(F)(F)F)cc1C(F)F. The van der Waals surface area contributed by atoms with E-state index in [4.69, 9.17) is 11.0 Å². The van der Waals surface area contributed by atoms with Crippen molar-refractivity contribution in [2.45, 2.75) is 19.3 Å². The largest absolute Gasteiger partial charge is 0.573 e. The predicted octanol–water partition coefficient (Wildman–Crippen LogP) is 2.25. The van der Waals surface area contributed by atoms with Crippen molar-refractivity contribution in [2.24, 2.45) is 5.73 Å². The fraction of sp³-hybridized carbons (Fsp3) is 0.333. The first-order valence-corrected chi connectivity index (χ1v) is 4.46. The van der Waals surface area contributed by atoms with Gasteiger partial charge in [-0.2, -0.15) is 5.26 Å². The molecule has 0 radical (unpaired) electrons. The van der Waals surface area contributed by atoms with Crippen molar-refractivity contribution in [3.8, 4) is 11.8 Å². The maximum Gasteiger partial charge on any atom is 0.573 e. The number of nitrogens with zero attached hydrogens (tertiary/aromatic N) is 2. The van der Waals surface area contributed by atoms with Gasteiger partial charge in [-0.25, -0.2) is 13.8 Å². The van der Waals surface area contributed by atoms with Crippen LogP contribution in [0, 0.1) is 11.3 Å². The van der Waals surface area contributed by atoms with Crippen LogP contribution in [0.2, 0.25) is 0 Å². The van der Waals surface area contributed by atoms with Gasteiger partial charge in [-0.3, -0.25) is 0 Å². The summed E-state index contributed by atoms with van der Waals surface area (Å²) in [5.41, 5.74) is 3.07. The molecule has 9 heteroatoms. The monoisotopic (exact) mass is 267 g/mol. The van der Waals surface area contributed by atoms with Crippen molar-refractivity contribution in [1.82, 2.24) is 4.98 Å². The zero-order chi connectivity index (χ0) is 13.9. The molecule has 0 aromatic carbocycles. The molecule has 1 rings (SSSR count). The topological polar surface area (TPSA) is 71.9 Å². The van der Waals surface area contributed by atoms with Crippen molar-refractivity contribution in [3.05, 3.63) is 23.0 Å². The fourth-order valence-corrected chi connectivity index (χ4v) is 1.16. The Balaban J connectivity index is 3.33. The normalized spacial score (nSPS) is 11.4. The highest BCUT2D eigenvalue weighted by Gasteiger charge is 2.33. The van der Waals surface area contributed by atoms with E-state index >= 15 is 0 Å². The molecule has 1 aromatic heterocycles. The second kappa shape index (κ2) is 5.14. The summed E-state index contributed by atoms with van der Waals surface area (Å²) in [6.07, 6.45) is -8.20. The van der Waals surface area contributed by atoms with E-state index in [9.17, 15) is 22.0 Å². The van der Waals surface area contributed by atoms with E-state index in [-0.39, 0.29) is 0 Å². The third-order valence-corrected chi connectivity index (χ3v) is 1.85. The van der Waals surface area contributed by atoms with E-state index in [1.807, 2.05) is 0 Å². The third kappa shape index (κ3) is 3.27. The van der Waals surface area contributed by atoms with Crippen LogP contribution in [0.3, 0.4) is 0 Å². The molecule has 0 spiro atoms. The lowest BCUT2D eigenvalue weighted by atomic mass is 10.1. The van der Waals surface area contributed by atoms with Gasteiger partial charge in [-0.15, -0.1) is 13.2 Å². The number of nitrogens with two attached hydrogens (primary N) is 1. The van der Waals surface area contributed by atoms with Gasteiger partial charge in [-0.1, -0.05) is 0 Å². The number of halogens is 5. The Kier molecular flexibility index (Phi) is 4.03. The Bertz CT molecular complexity index is 480. The first-order chi connectivity index (χ1) is 8.28. The van der Waals surface area contributed by atoms with Crippen LogP contribution in [0.4, 0.5) is 22.0 Å². The summed E-state index contributed by atoms with van der Waals surface area (Å²) in [7, 11) is 0. The molecule has 1 heterocycles. The zero-order valence-corrected chi connectivity index (χ0v) is 8.63. The number of ether oxygens (including phenoxy) is 1. The number of aromatic nitrogens is 1. The first kappa shape index (κ1) is 14.1. The minimum absolute atomic E-state index is 0.423. The molecule has 0 bridgehead atoms. The molecule has 98 valence electrons. The molecule has 18 heavy (non-hydrogen) atoms. The first-order valence-electron chi connectivity index (χ1n) is 4.46. The summed E-state index contributed by atoms with van der Waals surface area (Å²) < 4.78 is 64.6. The summed E-state index contributed by atoms with van der Waals surface area (Å²) >= 11 is 0. The van der Waals surface area contributed by atoms with E-state index < -0.39 is 42.0 Å². The Morgan fingerprint density at radius 1 is 1.44 bits per heavy atom. The second-order valence-corrected chi connectivity index (χ2v) is 3.04. The number of pyridine rings is 1. The number of hydrogen-bond acceptors (Lipinski definition) is 4. The van der Waals surface area contributed by atoms with Gasteiger partial charge < -0.3 is 10.5 Å². The van der Waals surface area contributed by atoms with Crippen molar-refractivity contribution >= 4 is 0 Å². The van der Waals surface area contributed by atoms with Gasteiger partial charge in [0.1, 0.15) is 11.8 Å². The van der Waals surface area contributed by atoms with Crippen LogP contribution in [0.1, 0.15) is 23.4 Å². The van der Waals surface area contributed by atoms with Crippen LogP contribution in [-0.2, 0) is 6.54 Å². The number of nitriles is 1. The summed E-state index contributed by atoms with van der Waals surface area (Å²) in [5, 5.41) is 8.56. The highest BCUT2D eigenvalue weighted by atomic mass is 19.4. The average Bonchev–Trinajstić information content (AvgIpc) is 2.26. The Labute approximate surface area is 97.8 Å². The molecular formula is C9H6F5N3O. The van der Waals surface area contributed by atoms with Gasteiger partial charge in [0.15, 0.2) is 5.75 Å². The molecule has 0 saturated carbocycles. The number of rotatable bonds is 3.